The van der Waals surface area contributed by atoms with Crippen LogP contribution in [-0.2, 0) is 9.59 Å². The molecule has 1 heterocycles. The molecule has 1 aliphatic heterocycles. The molecular formula is C16H17NO3. The number of amides is 2. The number of rotatable bonds is 3. The van der Waals surface area contributed by atoms with Crippen LogP contribution in [0.5, 0.6) is 5.75 Å². The van der Waals surface area contributed by atoms with Crippen molar-refractivity contribution in [2.24, 2.45) is 11.8 Å². The van der Waals surface area contributed by atoms with Gasteiger partial charge in [-0.1, -0.05) is 12.2 Å². The van der Waals surface area contributed by atoms with Gasteiger partial charge in [-0.2, -0.15) is 0 Å². The Bertz CT molecular complexity index is 536. The minimum atomic E-state index is -0.181. The average Bonchev–Trinajstić information content (AvgIpc) is 2.73. The first-order valence-corrected chi connectivity index (χ1v) is 6.98. The first-order valence-electron chi connectivity index (χ1n) is 6.98. The summed E-state index contributed by atoms with van der Waals surface area (Å²) in [6.07, 6.45) is 5.33. The number of ether oxygens (including phenoxy) is 1. The fourth-order valence-corrected chi connectivity index (χ4v) is 2.91. The Morgan fingerprint density at radius 3 is 2.10 bits per heavy atom. The highest BCUT2D eigenvalue weighted by Gasteiger charge is 2.47. The Morgan fingerprint density at radius 1 is 1.05 bits per heavy atom. The largest absolute Gasteiger partial charge is 0.494 e. The molecular weight excluding hydrogens is 254 g/mol. The van der Waals surface area contributed by atoms with Crippen molar-refractivity contribution in [3.8, 4) is 5.75 Å². The van der Waals surface area contributed by atoms with Crippen LogP contribution in [0.4, 0.5) is 5.69 Å². The average molecular weight is 271 g/mol. The van der Waals surface area contributed by atoms with Crippen molar-refractivity contribution in [1.29, 1.82) is 0 Å². The quantitative estimate of drug-likeness (QED) is 0.627. The molecule has 0 aromatic heterocycles. The van der Waals surface area contributed by atoms with E-state index in [0.29, 0.717) is 25.1 Å². The summed E-state index contributed by atoms with van der Waals surface area (Å²) in [6.45, 7) is 2.51. The van der Waals surface area contributed by atoms with Crippen LogP contribution < -0.4 is 9.64 Å². The summed E-state index contributed by atoms with van der Waals surface area (Å²) in [4.78, 5) is 26.1. The van der Waals surface area contributed by atoms with E-state index in [0.717, 1.165) is 5.75 Å². The second kappa shape index (κ2) is 5.12. The third kappa shape index (κ3) is 2.01. The first-order chi connectivity index (χ1) is 9.72. The molecule has 4 nitrogen and oxygen atoms in total. The number of benzene rings is 1. The lowest BCUT2D eigenvalue weighted by Gasteiger charge is -2.15. The van der Waals surface area contributed by atoms with Gasteiger partial charge in [0.05, 0.1) is 24.1 Å². The summed E-state index contributed by atoms with van der Waals surface area (Å²) in [6, 6.07) is 7.12. The zero-order chi connectivity index (χ0) is 14.1. The van der Waals surface area contributed by atoms with Crippen LogP contribution in [-0.4, -0.2) is 18.4 Å². The van der Waals surface area contributed by atoms with Gasteiger partial charge in [0, 0.05) is 0 Å². The number of carbonyl (C=O) groups excluding carboxylic acids is 2. The minimum absolute atomic E-state index is 0.0755. The fraction of sp³-hybridized carbons (Fsp3) is 0.375. The molecule has 20 heavy (non-hydrogen) atoms. The van der Waals surface area contributed by atoms with E-state index in [-0.39, 0.29) is 23.7 Å². The predicted molar refractivity (Wildman–Crippen MR) is 75.5 cm³/mol. The number of anilines is 1. The van der Waals surface area contributed by atoms with E-state index in [1.54, 1.807) is 24.3 Å². The van der Waals surface area contributed by atoms with Crippen LogP contribution in [0.3, 0.4) is 0 Å². The second-order valence-electron chi connectivity index (χ2n) is 5.09. The lowest BCUT2D eigenvalue weighted by Crippen LogP contribution is -2.30. The molecule has 2 aliphatic rings. The maximum absolute atomic E-state index is 12.4. The molecule has 4 heteroatoms. The van der Waals surface area contributed by atoms with Gasteiger partial charge in [-0.15, -0.1) is 0 Å². The highest BCUT2D eigenvalue weighted by atomic mass is 16.5. The molecule has 1 saturated heterocycles. The van der Waals surface area contributed by atoms with Gasteiger partial charge in [-0.25, -0.2) is 0 Å². The molecule has 0 spiro atoms. The van der Waals surface area contributed by atoms with Gasteiger partial charge >= 0.3 is 0 Å². The standard InChI is InChI=1S/C16H17NO3/c1-2-20-12-9-7-11(8-10-12)17-15(18)13-5-3-4-6-14(13)16(17)19/h3-4,7-10,13-14H,2,5-6H2,1H3/t13-,14-/m0/s1. The van der Waals surface area contributed by atoms with Crippen molar-refractivity contribution in [3.63, 3.8) is 0 Å². The molecule has 0 bridgehead atoms. The number of allylic oxidation sites excluding steroid dienone is 2. The third-order valence-corrected chi connectivity index (χ3v) is 3.91. The Kier molecular flexibility index (Phi) is 3.30. The summed E-state index contributed by atoms with van der Waals surface area (Å²) in [5.41, 5.74) is 0.637. The van der Waals surface area contributed by atoms with E-state index in [4.69, 9.17) is 4.74 Å². The van der Waals surface area contributed by atoms with Gasteiger partial charge < -0.3 is 4.74 Å². The van der Waals surface area contributed by atoms with Gasteiger partial charge in [-0.05, 0) is 44.0 Å². The topological polar surface area (TPSA) is 46.6 Å². The molecule has 0 N–H and O–H groups in total. The van der Waals surface area contributed by atoms with Gasteiger partial charge in [0.15, 0.2) is 0 Å². The summed E-state index contributed by atoms with van der Waals surface area (Å²) in [7, 11) is 0. The molecule has 1 fully saturated rings. The third-order valence-electron chi connectivity index (χ3n) is 3.91. The Morgan fingerprint density at radius 2 is 1.60 bits per heavy atom. The summed E-state index contributed by atoms with van der Waals surface area (Å²) >= 11 is 0. The Labute approximate surface area is 118 Å². The molecule has 1 aliphatic carbocycles. The van der Waals surface area contributed by atoms with Crippen LogP contribution in [0.15, 0.2) is 36.4 Å². The SMILES string of the molecule is CCOc1ccc(N2C(=O)[C@H]3CC=CC[C@@H]3C2=O)cc1. The monoisotopic (exact) mass is 271 g/mol. The first kappa shape index (κ1) is 12.9. The van der Waals surface area contributed by atoms with Crippen molar-refractivity contribution >= 4 is 17.5 Å². The highest BCUT2D eigenvalue weighted by Crippen LogP contribution is 2.37. The highest BCUT2D eigenvalue weighted by molar-refractivity contribution is 6.22. The number of carbonyl (C=O) groups is 2. The van der Waals surface area contributed by atoms with Gasteiger partial charge in [0.1, 0.15) is 5.75 Å². The van der Waals surface area contributed by atoms with Crippen molar-refractivity contribution < 1.29 is 14.3 Å². The molecule has 0 radical (unpaired) electrons. The number of nitrogens with zero attached hydrogens (tertiary/aromatic N) is 1. The van der Waals surface area contributed by atoms with E-state index >= 15 is 0 Å². The molecule has 2 amide bonds. The fourth-order valence-electron chi connectivity index (χ4n) is 2.91. The van der Waals surface area contributed by atoms with Crippen LogP contribution in [0, 0.1) is 11.8 Å². The Hall–Kier alpha value is -2.10. The maximum atomic E-state index is 12.4. The zero-order valence-electron chi connectivity index (χ0n) is 11.4. The molecule has 104 valence electrons. The normalized spacial score (nSPS) is 24.9. The summed E-state index contributed by atoms with van der Waals surface area (Å²) in [5, 5.41) is 0. The van der Waals surface area contributed by atoms with E-state index in [1.807, 2.05) is 19.1 Å². The van der Waals surface area contributed by atoms with Crippen LogP contribution in [0.2, 0.25) is 0 Å². The van der Waals surface area contributed by atoms with E-state index in [9.17, 15) is 9.59 Å². The van der Waals surface area contributed by atoms with Gasteiger partial charge in [0.25, 0.3) is 0 Å². The summed E-state index contributed by atoms with van der Waals surface area (Å²) < 4.78 is 5.37. The molecule has 3 rings (SSSR count). The maximum Gasteiger partial charge on any atom is 0.238 e. The van der Waals surface area contributed by atoms with E-state index in [1.165, 1.54) is 4.90 Å². The lowest BCUT2D eigenvalue weighted by atomic mass is 9.85. The number of hydrogen-bond acceptors (Lipinski definition) is 3. The van der Waals surface area contributed by atoms with Crippen molar-refractivity contribution in [2.75, 3.05) is 11.5 Å². The van der Waals surface area contributed by atoms with Crippen LogP contribution in [0.25, 0.3) is 0 Å². The molecule has 0 saturated carbocycles. The van der Waals surface area contributed by atoms with E-state index in [2.05, 4.69) is 0 Å². The van der Waals surface area contributed by atoms with Crippen molar-refractivity contribution in [3.05, 3.63) is 36.4 Å². The number of hydrogen-bond donors (Lipinski definition) is 0. The van der Waals surface area contributed by atoms with Gasteiger partial charge in [0.2, 0.25) is 11.8 Å². The smallest absolute Gasteiger partial charge is 0.238 e. The van der Waals surface area contributed by atoms with E-state index < -0.39 is 0 Å². The zero-order valence-corrected chi connectivity index (χ0v) is 11.4. The van der Waals surface area contributed by atoms with Gasteiger partial charge in [-0.3, -0.25) is 14.5 Å². The van der Waals surface area contributed by atoms with Crippen LogP contribution in [0.1, 0.15) is 19.8 Å². The molecule has 0 unspecified atom stereocenters. The Balaban J connectivity index is 1.86. The number of fused-ring (bicyclic) bond motifs is 1. The minimum Gasteiger partial charge on any atom is -0.494 e. The molecule has 1 aromatic rings. The summed E-state index contributed by atoms with van der Waals surface area (Å²) in [5.74, 6) is 0.231. The number of imide groups is 1. The second-order valence-corrected chi connectivity index (χ2v) is 5.09. The van der Waals surface area contributed by atoms with Crippen molar-refractivity contribution in [1.82, 2.24) is 0 Å². The lowest BCUT2D eigenvalue weighted by molar-refractivity contribution is -0.122. The van der Waals surface area contributed by atoms with Crippen molar-refractivity contribution in [2.45, 2.75) is 19.8 Å². The predicted octanol–water partition coefficient (Wildman–Crippen LogP) is 2.54. The van der Waals surface area contributed by atoms with Crippen LogP contribution >= 0.6 is 0 Å². The molecule has 2 atom stereocenters. The molecule has 1 aromatic carbocycles.